The van der Waals surface area contributed by atoms with Crippen molar-refractivity contribution < 1.29 is 9.84 Å². The molecular formula is C17H27NO2. The van der Waals surface area contributed by atoms with E-state index in [1.807, 2.05) is 0 Å². The second kappa shape index (κ2) is 6.70. The van der Waals surface area contributed by atoms with E-state index >= 15 is 0 Å². The van der Waals surface area contributed by atoms with Crippen LogP contribution in [0.1, 0.15) is 44.4 Å². The van der Waals surface area contributed by atoms with E-state index in [0.29, 0.717) is 6.54 Å². The number of aliphatic hydroxyl groups is 1. The molecule has 0 aromatic heterocycles. The highest BCUT2D eigenvalue weighted by molar-refractivity contribution is 5.28. The lowest BCUT2D eigenvalue weighted by Crippen LogP contribution is -2.31. The summed E-state index contributed by atoms with van der Waals surface area (Å²) in [5.41, 5.74) is 2.46. The van der Waals surface area contributed by atoms with Gasteiger partial charge in [-0.2, -0.15) is 0 Å². The van der Waals surface area contributed by atoms with Gasteiger partial charge in [0.15, 0.2) is 0 Å². The first-order chi connectivity index (χ1) is 9.47. The Morgan fingerprint density at radius 2 is 1.85 bits per heavy atom. The van der Waals surface area contributed by atoms with Crippen molar-refractivity contribution in [3.8, 4) is 0 Å². The Kier molecular flexibility index (Phi) is 5.19. The first-order valence-electron chi connectivity index (χ1n) is 7.55. The van der Waals surface area contributed by atoms with Crippen molar-refractivity contribution in [1.82, 2.24) is 4.90 Å². The highest BCUT2D eigenvalue weighted by atomic mass is 16.5. The predicted octanol–water partition coefficient (Wildman–Crippen LogP) is 2.74. The van der Waals surface area contributed by atoms with Crippen molar-refractivity contribution in [3.05, 3.63) is 35.4 Å². The minimum atomic E-state index is -0.415. The highest BCUT2D eigenvalue weighted by Crippen LogP contribution is 2.24. The van der Waals surface area contributed by atoms with Gasteiger partial charge in [0, 0.05) is 26.2 Å². The van der Waals surface area contributed by atoms with Gasteiger partial charge in [0.2, 0.25) is 0 Å². The third-order valence-corrected chi connectivity index (χ3v) is 3.91. The maximum absolute atomic E-state index is 10.4. The average molecular weight is 277 g/mol. The molecule has 0 radical (unpaired) electrons. The predicted molar refractivity (Wildman–Crippen MR) is 82.0 cm³/mol. The molecule has 1 aromatic rings. The van der Waals surface area contributed by atoms with Crippen LogP contribution in [0.15, 0.2) is 24.3 Å². The van der Waals surface area contributed by atoms with Gasteiger partial charge in [0.05, 0.1) is 12.7 Å². The minimum Gasteiger partial charge on any atom is -0.387 e. The van der Waals surface area contributed by atoms with E-state index in [1.54, 1.807) is 0 Å². The molecule has 1 saturated heterocycles. The molecule has 0 aliphatic carbocycles. The van der Waals surface area contributed by atoms with Crippen LogP contribution < -0.4 is 0 Å². The van der Waals surface area contributed by atoms with Gasteiger partial charge in [0.1, 0.15) is 0 Å². The molecule has 1 unspecified atom stereocenters. The smallest absolute Gasteiger partial charge is 0.0916 e. The Bertz CT molecular complexity index is 400. The maximum Gasteiger partial charge on any atom is 0.0916 e. The summed E-state index contributed by atoms with van der Waals surface area (Å²) in [5.74, 6) is 0. The molecule has 112 valence electrons. The van der Waals surface area contributed by atoms with E-state index in [1.165, 1.54) is 5.56 Å². The lowest BCUT2D eigenvalue weighted by molar-refractivity contribution is 0.103. The lowest BCUT2D eigenvalue weighted by atomic mass is 9.86. The van der Waals surface area contributed by atoms with Crippen LogP contribution in [0.4, 0.5) is 0 Å². The zero-order valence-electron chi connectivity index (χ0n) is 12.9. The van der Waals surface area contributed by atoms with Crippen LogP contribution in [0.25, 0.3) is 0 Å². The van der Waals surface area contributed by atoms with Gasteiger partial charge in [-0.25, -0.2) is 0 Å². The second-order valence-corrected chi connectivity index (χ2v) is 6.65. The van der Waals surface area contributed by atoms with Gasteiger partial charge in [0.25, 0.3) is 0 Å². The summed E-state index contributed by atoms with van der Waals surface area (Å²) >= 11 is 0. The van der Waals surface area contributed by atoms with Crippen LogP contribution in [-0.2, 0) is 10.2 Å². The zero-order chi connectivity index (χ0) is 14.6. The van der Waals surface area contributed by atoms with Gasteiger partial charge >= 0.3 is 0 Å². The largest absolute Gasteiger partial charge is 0.387 e. The maximum atomic E-state index is 10.4. The van der Waals surface area contributed by atoms with Gasteiger partial charge in [-0.15, -0.1) is 0 Å². The molecule has 1 aromatic carbocycles. The number of aliphatic hydroxyl groups excluding tert-OH is 1. The van der Waals surface area contributed by atoms with Gasteiger partial charge in [-0.1, -0.05) is 45.0 Å². The van der Waals surface area contributed by atoms with Crippen LogP contribution in [0.3, 0.4) is 0 Å². The molecule has 0 saturated carbocycles. The van der Waals surface area contributed by atoms with E-state index in [0.717, 1.165) is 38.3 Å². The van der Waals surface area contributed by atoms with E-state index < -0.39 is 6.10 Å². The Morgan fingerprint density at radius 3 is 2.50 bits per heavy atom. The second-order valence-electron chi connectivity index (χ2n) is 6.65. The SMILES string of the molecule is CC(C)(C)c1ccc(C(O)CN2CCCOCC2)cc1. The number of nitrogens with zero attached hydrogens (tertiary/aromatic N) is 1. The molecule has 1 aliphatic heterocycles. The van der Waals surface area contributed by atoms with Crippen LogP contribution in [0.2, 0.25) is 0 Å². The van der Waals surface area contributed by atoms with Gasteiger partial charge in [-0.05, 0) is 23.0 Å². The summed E-state index contributed by atoms with van der Waals surface area (Å²) in [6, 6.07) is 8.37. The van der Waals surface area contributed by atoms with Crippen molar-refractivity contribution in [2.75, 3.05) is 32.8 Å². The van der Waals surface area contributed by atoms with Crippen molar-refractivity contribution in [2.24, 2.45) is 0 Å². The first-order valence-corrected chi connectivity index (χ1v) is 7.55. The van der Waals surface area contributed by atoms with Gasteiger partial charge in [-0.3, -0.25) is 4.90 Å². The Balaban J connectivity index is 1.96. The van der Waals surface area contributed by atoms with E-state index in [2.05, 4.69) is 49.9 Å². The number of rotatable bonds is 3. The molecule has 1 heterocycles. The van der Waals surface area contributed by atoms with Crippen molar-refractivity contribution in [3.63, 3.8) is 0 Å². The zero-order valence-corrected chi connectivity index (χ0v) is 12.9. The third-order valence-electron chi connectivity index (χ3n) is 3.91. The summed E-state index contributed by atoms with van der Waals surface area (Å²) in [6.45, 7) is 10.8. The first kappa shape index (κ1) is 15.5. The normalized spacial score (nSPS) is 19.6. The molecule has 3 nitrogen and oxygen atoms in total. The summed E-state index contributed by atoms with van der Waals surface area (Å²) in [5, 5.41) is 10.4. The Labute approximate surface area is 122 Å². The molecule has 1 N–H and O–H groups in total. The standard InChI is InChI=1S/C17H27NO2/c1-17(2,3)15-7-5-14(6-8-15)16(19)13-18-9-4-11-20-12-10-18/h5-8,16,19H,4,9-13H2,1-3H3. The number of benzene rings is 1. The van der Waals surface area contributed by atoms with Gasteiger partial charge < -0.3 is 9.84 Å². The summed E-state index contributed by atoms with van der Waals surface area (Å²) < 4.78 is 5.44. The summed E-state index contributed by atoms with van der Waals surface area (Å²) in [7, 11) is 0. The van der Waals surface area contributed by atoms with Crippen LogP contribution >= 0.6 is 0 Å². The molecule has 3 heteroatoms. The minimum absolute atomic E-state index is 0.158. The molecule has 1 fully saturated rings. The van der Waals surface area contributed by atoms with E-state index in [-0.39, 0.29) is 5.41 Å². The summed E-state index contributed by atoms with van der Waals surface area (Å²) in [4.78, 5) is 2.29. The van der Waals surface area contributed by atoms with E-state index in [9.17, 15) is 5.11 Å². The molecule has 0 spiro atoms. The Hall–Kier alpha value is -0.900. The highest BCUT2D eigenvalue weighted by Gasteiger charge is 2.17. The molecule has 2 rings (SSSR count). The monoisotopic (exact) mass is 277 g/mol. The number of hydrogen-bond donors (Lipinski definition) is 1. The molecular weight excluding hydrogens is 250 g/mol. The molecule has 1 atom stereocenters. The van der Waals surface area contributed by atoms with Crippen molar-refractivity contribution >= 4 is 0 Å². The average Bonchev–Trinajstić information content (AvgIpc) is 2.66. The van der Waals surface area contributed by atoms with Crippen molar-refractivity contribution in [1.29, 1.82) is 0 Å². The fraction of sp³-hybridized carbons (Fsp3) is 0.647. The fourth-order valence-electron chi connectivity index (χ4n) is 2.54. The molecule has 0 bridgehead atoms. The third kappa shape index (κ3) is 4.30. The summed E-state index contributed by atoms with van der Waals surface area (Å²) in [6.07, 6.45) is 0.637. The Morgan fingerprint density at radius 1 is 1.15 bits per heavy atom. The van der Waals surface area contributed by atoms with Crippen LogP contribution in [0.5, 0.6) is 0 Å². The fourth-order valence-corrected chi connectivity index (χ4v) is 2.54. The molecule has 1 aliphatic rings. The lowest BCUT2D eigenvalue weighted by Gasteiger charge is -2.24. The molecule has 20 heavy (non-hydrogen) atoms. The van der Waals surface area contributed by atoms with Crippen LogP contribution in [-0.4, -0.2) is 42.9 Å². The van der Waals surface area contributed by atoms with Crippen LogP contribution in [0, 0.1) is 0 Å². The quantitative estimate of drug-likeness (QED) is 0.922. The number of hydrogen-bond acceptors (Lipinski definition) is 3. The van der Waals surface area contributed by atoms with E-state index in [4.69, 9.17) is 4.74 Å². The van der Waals surface area contributed by atoms with Crippen molar-refractivity contribution in [2.45, 2.75) is 38.7 Å². The molecule has 0 amide bonds. The number of β-amino-alcohol motifs (C(OH)–C–C–N with tert-alkyl or cyclic N) is 1. The number of ether oxygens (including phenoxy) is 1. The topological polar surface area (TPSA) is 32.7 Å².